The molecular weight excluding hydrogens is 210 g/mol. The van der Waals surface area contributed by atoms with Gasteiger partial charge in [0.25, 0.3) is 0 Å². The Morgan fingerprint density at radius 1 is 1.53 bits per heavy atom. The predicted octanol–water partition coefficient (Wildman–Crippen LogP) is 2.29. The van der Waals surface area contributed by atoms with Crippen LogP contribution in [-0.4, -0.2) is 18.6 Å². The number of nitrogens with one attached hydrogen (secondary N) is 1. The molecule has 2 unspecified atom stereocenters. The fourth-order valence-corrected chi connectivity index (χ4v) is 2.34. The topological polar surface area (TPSA) is 39.1 Å². The zero-order valence-corrected chi connectivity index (χ0v) is 10.5. The van der Waals surface area contributed by atoms with Gasteiger partial charge in [-0.25, -0.2) is 0 Å². The number of nitriles is 1. The minimum atomic E-state index is 0.267. The minimum Gasteiger partial charge on any atom is -0.366 e. The Morgan fingerprint density at radius 2 is 2.29 bits per heavy atom. The van der Waals surface area contributed by atoms with E-state index in [1.165, 1.54) is 11.3 Å². The van der Waals surface area contributed by atoms with Crippen LogP contribution in [0.4, 0.5) is 5.69 Å². The van der Waals surface area contributed by atoms with Crippen LogP contribution in [0.2, 0.25) is 0 Å². The Bertz CT molecular complexity index is 422. The van der Waals surface area contributed by atoms with Crippen molar-refractivity contribution < 1.29 is 0 Å². The molecule has 1 heterocycles. The molecule has 1 aromatic rings. The molecule has 1 aliphatic heterocycles. The second-order valence-electron chi connectivity index (χ2n) is 4.77. The smallest absolute Gasteiger partial charge is 0.0643 e. The molecule has 1 aromatic carbocycles. The van der Waals surface area contributed by atoms with Gasteiger partial charge in [0.2, 0.25) is 0 Å². The second kappa shape index (κ2) is 5.20. The largest absolute Gasteiger partial charge is 0.366 e. The number of rotatable bonds is 2. The highest BCUT2D eigenvalue weighted by atomic mass is 15.2. The van der Waals surface area contributed by atoms with Crippen LogP contribution in [0, 0.1) is 11.3 Å². The second-order valence-corrected chi connectivity index (χ2v) is 4.77. The first-order valence-electron chi connectivity index (χ1n) is 6.17. The summed E-state index contributed by atoms with van der Waals surface area (Å²) in [5.41, 5.74) is 2.59. The summed E-state index contributed by atoms with van der Waals surface area (Å²) in [7, 11) is 0. The molecule has 0 amide bonds. The molecule has 0 fully saturated rings. The third kappa shape index (κ3) is 2.59. The van der Waals surface area contributed by atoms with Gasteiger partial charge in [0.05, 0.1) is 12.5 Å². The van der Waals surface area contributed by atoms with Crippen LogP contribution >= 0.6 is 0 Å². The van der Waals surface area contributed by atoms with Gasteiger partial charge in [-0.1, -0.05) is 18.2 Å². The van der Waals surface area contributed by atoms with Crippen molar-refractivity contribution in [3.8, 4) is 6.07 Å². The average molecular weight is 229 g/mol. The highest BCUT2D eigenvalue weighted by Crippen LogP contribution is 2.25. The quantitative estimate of drug-likeness (QED) is 0.845. The fourth-order valence-electron chi connectivity index (χ4n) is 2.34. The van der Waals surface area contributed by atoms with E-state index in [4.69, 9.17) is 5.26 Å². The number of fused-ring (bicyclic) bond motifs is 1. The lowest BCUT2D eigenvalue weighted by Gasteiger charge is -2.31. The van der Waals surface area contributed by atoms with E-state index in [-0.39, 0.29) is 6.04 Å². The summed E-state index contributed by atoms with van der Waals surface area (Å²) in [6.45, 7) is 6.18. The number of hydrogen-bond acceptors (Lipinski definition) is 3. The molecule has 0 spiro atoms. The molecule has 0 saturated carbocycles. The maximum absolute atomic E-state index is 8.86. The Kier molecular flexibility index (Phi) is 3.65. The van der Waals surface area contributed by atoms with Crippen LogP contribution in [0.1, 0.15) is 25.8 Å². The van der Waals surface area contributed by atoms with E-state index in [1.807, 2.05) is 0 Å². The van der Waals surface area contributed by atoms with Gasteiger partial charge in [-0.2, -0.15) is 5.26 Å². The van der Waals surface area contributed by atoms with Crippen LogP contribution in [-0.2, 0) is 6.54 Å². The third-order valence-corrected chi connectivity index (χ3v) is 3.33. The molecular formula is C14H19N3. The van der Waals surface area contributed by atoms with E-state index in [9.17, 15) is 0 Å². The number of nitrogens with zero attached hydrogens (tertiary/aromatic N) is 2. The predicted molar refractivity (Wildman–Crippen MR) is 69.8 cm³/mol. The van der Waals surface area contributed by atoms with Gasteiger partial charge in [-0.3, -0.25) is 0 Å². The van der Waals surface area contributed by atoms with Gasteiger partial charge in [-0.15, -0.1) is 0 Å². The third-order valence-electron chi connectivity index (χ3n) is 3.33. The average Bonchev–Trinajstić information content (AvgIpc) is 2.50. The van der Waals surface area contributed by atoms with Gasteiger partial charge in [-0.05, 0) is 25.5 Å². The molecule has 1 aliphatic rings. The zero-order chi connectivity index (χ0) is 12.3. The fraction of sp³-hybridized carbons (Fsp3) is 0.500. The molecule has 0 aliphatic carbocycles. The van der Waals surface area contributed by atoms with E-state index in [0.29, 0.717) is 12.5 Å². The van der Waals surface area contributed by atoms with Gasteiger partial charge in [0.15, 0.2) is 0 Å². The molecule has 90 valence electrons. The zero-order valence-electron chi connectivity index (χ0n) is 10.5. The standard InChI is InChI=1S/C14H19N3/c1-11-10-17(12(2)7-8-15)14-6-4-3-5-13(14)9-16-11/h3-6,11-12,16H,7,9-10H2,1-2H3. The van der Waals surface area contributed by atoms with Gasteiger partial charge in [0.1, 0.15) is 0 Å². The van der Waals surface area contributed by atoms with Crippen LogP contribution in [0.15, 0.2) is 24.3 Å². The summed E-state index contributed by atoms with van der Waals surface area (Å²) in [6.07, 6.45) is 0.570. The minimum absolute atomic E-state index is 0.267. The van der Waals surface area contributed by atoms with E-state index in [2.05, 4.69) is 54.4 Å². The van der Waals surface area contributed by atoms with Crippen LogP contribution in [0.25, 0.3) is 0 Å². The Morgan fingerprint density at radius 3 is 3.06 bits per heavy atom. The van der Waals surface area contributed by atoms with Crippen molar-refractivity contribution in [2.24, 2.45) is 0 Å². The van der Waals surface area contributed by atoms with E-state index in [0.717, 1.165) is 13.1 Å². The lowest BCUT2D eigenvalue weighted by atomic mass is 10.1. The van der Waals surface area contributed by atoms with Gasteiger partial charge in [0, 0.05) is 30.9 Å². The summed E-state index contributed by atoms with van der Waals surface area (Å²) in [5.74, 6) is 0. The summed E-state index contributed by atoms with van der Waals surface area (Å²) in [4.78, 5) is 2.35. The molecule has 3 heteroatoms. The number of hydrogen-bond donors (Lipinski definition) is 1. The number of benzene rings is 1. The molecule has 0 bridgehead atoms. The van der Waals surface area contributed by atoms with Crippen LogP contribution in [0.3, 0.4) is 0 Å². The van der Waals surface area contributed by atoms with Crippen molar-refractivity contribution in [3.63, 3.8) is 0 Å². The van der Waals surface area contributed by atoms with E-state index < -0.39 is 0 Å². The van der Waals surface area contributed by atoms with E-state index >= 15 is 0 Å². The molecule has 17 heavy (non-hydrogen) atoms. The van der Waals surface area contributed by atoms with Crippen molar-refractivity contribution in [2.75, 3.05) is 11.4 Å². The van der Waals surface area contributed by atoms with Gasteiger partial charge >= 0.3 is 0 Å². The highest BCUT2D eigenvalue weighted by molar-refractivity contribution is 5.55. The Hall–Kier alpha value is -1.53. The first kappa shape index (κ1) is 11.9. The molecule has 1 N–H and O–H groups in total. The maximum atomic E-state index is 8.86. The van der Waals surface area contributed by atoms with Crippen molar-refractivity contribution >= 4 is 5.69 Å². The van der Waals surface area contributed by atoms with Gasteiger partial charge < -0.3 is 10.2 Å². The normalized spacial score (nSPS) is 21.2. The molecule has 0 radical (unpaired) electrons. The van der Waals surface area contributed by atoms with Crippen LogP contribution in [0.5, 0.6) is 0 Å². The SMILES string of the molecule is CC1CN(C(C)CC#N)c2ccccc2CN1. The van der Waals surface area contributed by atoms with Crippen molar-refractivity contribution in [2.45, 2.75) is 38.9 Å². The molecule has 0 aromatic heterocycles. The molecule has 3 nitrogen and oxygen atoms in total. The van der Waals surface area contributed by atoms with Crippen LogP contribution < -0.4 is 10.2 Å². The molecule has 0 saturated heterocycles. The van der Waals surface area contributed by atoms with E-state index in [1.54, 1.807) is 0 Å². The number of anilines is 1. The Balaban J connectivity index is 2.32. The molecule has 2 atom stereocenters. The maximum Gasteiger partial charge on any atom is 0.0643 e. The number of para-hydroxylation sites is 1. The summed E-state index contributed by atoms with van der Waals surface area (Å²) in [5, 5.41) is 12.4. The summed E-state index contributed by atoms with van der Waals surface area (Å²) >= 11 is 0. The lowest BCUT2D eigenvalue weighted by Crippen LogP contribution is -2.40. The summed E-state index contributed by atoms with van der Waals surface area (Å²) in [6, 6.07) is 11.4. The highest BCUT2D eigenvalue weighted by Gasteiger charge is 2.22. The Labute approximate surface area is 103 Å². The van der Waals surface area contributed by atoms with Crippen molar-refractivity contribution in [3.05, 3.63) is 29.8 Å². The summed E-state index contributed by atoms with van der Waals surface area (Å²) < 4.78 is 0. The van der Waals surface area contributed by atoms with Crippen molar-refractivity contribution in [1.82, 2.24) is 5.32 Å². The molecule has 2 rings (SSSR count). The first-order chi connectivity index (χ1) is 8.22. The monoisotopic (exact) mass is 229 g/mol. The van der Waals surface area contributed by atoms with Crippen molar-refractivity contribution in [1.29, 1.82) is 5.26 Å². The lowest BCUT2D eigenvalue weighted by molar-refractivity contribution is 0.528. The first-order valence-corrected chi connectivity index (χ1v) is 6.17.